The van der Waals surface area contributed by atoms with E-state index >= 15 is 0 Å². The first-order valence-electron chi connectivity index (χ1n) is 7.43. The summed E-state index contributed by atoms with van der Waals surface area (Å²) in [6.07, 6.45) is 0.534. The van der Waals surface area contributed by atoms with Gasteiger partial charge in [-0.15, -0.1) is 0 Å². The Morgan fingerprint density at radius 2 is 1.96 bits per heavy atom. The molecule has 0 radical (unpaired) electrons. The number of rotatable bonds is 3. The Bertz CT molecular complexity index is 820. The largest absolute Gasteiger partial charge is 0.487 e. The molecule has 0 unspecified atom stereocenters. The predicted molar refractivity (Wildman–Crippen MR) is 84.8 cm³/mol. The van der Waals surface area contributed by atoms with Crippen LogP contribution in [0.4, 0.5) is 0 Å². The van der Waals surface area contributed by atoms with Crippen LogP contribution >= 0.6 is 0 Å². The number of benzene rings is 1. The first-order chi connectivity index (χ1) is 10.7. The van der Waals surface area contributed by atoms with Gasteiger partial charge in [-0.3, -0.25) is 0 Å². The van der Waals surface area contributed by atoms with E-state index in [4.69, 9.17) is 9.26 Å². The highest BCUT2D eigenvalue weighted by Crippen LogP contribution is 2.40. The van der Waals surface area contributed by atoms with Crippen molar-refractivity contribution in [3.8, 4) is 5.75 Å². The van der Waals surface area contributed by atoms with E-state index in [-0.39, 0.29) is 16.7 Å². The Kier molecular flexibility index (Phi) is 3.72. The molecule has 124 valence electrons. The van der Waals surface area contributed by atoms with E-state index in [0.29, 0.717) is 17.9 Å². The molecule has 2 aromatic rings. The maximum Gasteiger partial charge on any atom is 0.246 e. The molecule has 0 amide bonds. The molecular formula is C16H20N2O4S. The third kappa shape index (κ3) is 2.98. The molecule has 0 bridgehead atoms. The highest BCUT2D eigenvalue weighted by molar-refractivity contribution is 7.89. The molecule has 2 heterocycles. The Labute approximate surface area is 135 Å². The summed E-state index contributed by atoms with van der Waals surface area (Å²) in [5.41, 5.74) is 0.733. The fourth-order valence-electron chi connectivity index (χ4n) is 3.01. The van der Waals surface area contributed by atoms with Crippen molar-refractivity contribution in [2.24, 2.45) is 0 Å². The van der Waals surface area contributed by atoms with E-state index in [0.717, 1.165) is 5.56 Å². The van der Waals surface area contributed by atoms with Crippen LogP contribution in [0.3, 0.4) is 0 Å². The van der Waals surface area contributed by atoms with Gasteiger partial charge in [-0.05, 0) is 33.8 Å². The minimum atomic E-state index is -3.73. The van der Waals surface area contributed by atoms with Crippen LogP contribution in [0.5, 0.6) is 5.75 Å². The second kappa shape index (κ2) is 5.35. The van der Waals surface area contributed by atoms with Crippen LogP contribution in [-0.4, -0.2) is 19.2 Å². The third-order valence-electron chi connectivity index (χ3n) is 3.91. The number of sulfonamides is 1. The molecule has 1 atom stereocenters. The van der Waals surface area contributed by atoms with Crippen LogP contribution < -0.4 is 9.46 Å². The van der Waals surface area contributed by atoms with E-state index in [1.165, 1.54) is 0 Å². The van der Waals surface area contributed by atoms with Gasteiger partial charge in [0.2, 0.25) is 10.0 Å². The lowest BCUT2D eigenvalue weighted by atomic mass is 9.90. The molecule has 1 aliphatic heterocycles. The van der Waals surface area contributed by atoms with Gasteiger partial charge in [0, 0.05) is 12.0 Å². The molecule has 7 heteroatoms. The summed E-state index contributed by atoms with van der Waals surface area (Å²) in [6, 6.07) is 7.12. The summed E-state index contributed by atoms with van der Waals surface area (Å²) in [5, 5.41) is 3.73. The Morgan fingerprint density at radius 3 is 2.61 bits per heavy atom. The van der Waals surface area contributed by atoms with Crippen molar-refractivity contribution in [2.45, 2.75) is 50.7 Å². The van der Waals surface area contributed by atoms with Crippen molar-refractivity contribution in [1.82, 2.24) is 9.88 Å². The van der Waals surface area contributed by atoms with E-state index in [2.05, 4.69) is 9.88 Å². The summed E-state index contributed by atoms with van der Waals surface area (Å²) in [7, 11) is -3.73. The molecule has 0 saturated heterocycles. The molecule has 6 nitrogen and oxygen atoms in total. The highest BCUT2D eigenvalue weighted by Gasteiger charge is 2.37. The number of hydrogen-bond donors (Lipinski definition) is 1. The van der Waals surface area contributed by atoms with Gasteiger partial charge in [0.15, 0.2) is 5.76 Å². The number of para-hydroxylation sites is 1. The zero-order valence-electron chi connectivity index (χ0n) is 13.6. The van der Waals surface area contributed by atoms with Gasteiger partial charge in [-0.1, -0.05) is 23.4 Å². The van der Waals surface area contributed by atoms with Crippen LogP contribution in [0.1, 0.15) is 43.3 Å². The van der Waals surface area contributed by atoms with Gasteiger partial charge in [0.1, 0.15) is 21.9 Å². The Hall–Kier alpha value is -1.86. The predicted octanol–water partition coefficient (Wildman–Crippen LogP) is 2.87. The molecule has 0 fully saturated rings. The summed E-state index contributed by atoms with van der Waals surface area (Å²) in [6.45, 7) is 7.10. The second-order valence-electron chi connectivity index (χ2n) is 6.43. The van der Waals surface area contributed by atoms with E-state index in [9.17, 15) is 8.42 Å². The van der Waals surface area contributed by atoms with Crippen molar-refractivity contribution in [3.05, 3.63) is 41.3 Å². The summed E-state index contributed by atoms with van der Waals surface area (Å²) >= 11 is 0. The van der Waals surface area contributed by atoms with Crippen molar-refractivity contribution < 1.29 is 17.7 Å². The minimum Gasteiger partial charge on any atom is -0.487 e. The van der Waals surface area contributed by atoms with Gasteiger partial charge in [-0.2, -0.15) is 0 Å². The van der Waals surface area contributed by atoms with Gasteiger partial charge in [0.05, 0.1) is 6.04 Å². The smallest absolute Gasteiger partial charge is 0.246 e. The zero-order chi connectivity index (χ0) is 16.8. The first-order valence-corrected chi connectivity index (χ1v) is 8.91. The van der Waals surface area contributed by atoms with Crippen LogP contribution in [-0.2, 0) is 10.0 Å². The monoisotopic (exact) mass is 336 g/mol. The van der Waals surface area contributed by atoms with E-state index in [1.54, 1.807) is 13.8 Å². The van der Waals surface area contributed by atoms with Crippen LogP contribution in [0.15, 0.2) is 33.7 Å². The Morgan fingerprint density at radius 1 is 1.26 bits per heavy atom. The zero-order valence-corrected chi connectivity index (χ0v) is 14.4. The number of fused-ring (bicyclic) bond motifs is 1. The molecule has 1 aromatic carbocycles. The van der Waals surface area contributed by atoms with Crippen molar-refractivity contribution in [3.63, 3.8) is 0 Å². The number of nitrogens with one attached hydrogen (secondary N) is 1. The van der Waals surface area contributed by atoms with Gasteiger partial charge in [0.25, 0.3) is 0 Å². The normalized spacial score (nSPS) is 19.9. The quantitative estimate of drug-likeness (QED) is 0.932. The lowest BCUT2D eigenvalue weighted by Gasteiger charge is -2.37. The average Bonchev–Trinajstić information content (AvgIpc) is 2.77. The number of aromatic nitrogens is 1. The molecule has 0 aliphatic carbocycles. The average molecular weight is 336 g/mol. The van der Waals surface area contributed by atoms with Gasteiger partial charge in [-0.25, -0.2) is 13.1 Å². The van der Waals surface area contributed by atoms with Crippen molar-refractivity contribution >= 4 is 10.0 Å². The van der Waals surface area contributed by atoms with E-state index < -0.39 is 15.6 Å². The fraction of sp³-hybridized carbons (Fsp3) is 0.438. The summed E-state index contributed by atoms with van der Waals surface area (Å²) in [5.74, 6) is 0.991. The lowest BCUT2D eigenvalue weighted by molar-refractivity contribution is 0.0702. The van der Waals surface area contributed by atoms with Crippen molar-refractivity contribution in [2.75, 3.05) is 0 Å². The second-order valence-corrected chi connectivity index (χ2v) is 8.08. The SMILES string of the molecule is Cc1noc(C)c1S(=O)(=O)N[C@H]1CC(C)(C)Oc2ccccc21. The number of hydrogen-bond acceptors (Lipinski definition) is 5. The molecule has 1 N–H and O–H groups in total. The first kappa shape index (κ1) is 16.0. The molecule has 23 heavy (non-hydrogen) atoms. The van der Waals surface area contributed by atoms with E-state index in [1.807, 2.05) is 38.1 Å². The molecule has 0 saturated carbocycles. The Balaban J connectivity index is 2.00. The number of nitrogens with zero attached hydrogens (tertiary/aromatic N) is 1. The molecule has 1 aromatic heterocycles. The fourth-order valence-corrected chi connectivity index (χ4v) is 4.56. The number of ether oxygens (including phenoxy) is 1. The van der Waals surface area contributed by atoms with Crippen LogP contribution in [0, 0.1) is 13.8 Å². The summed E-state index contributed by atoms with van der Waals surface area (Å²) < 4.78 is 39.3. The molecule has 0 spiro atoms. The van der Waals surface area contributed by atoms with Crippen LogP contribution in [0.2, 0.25) is 0 Å². The number of aryl methyl sites for hydroxylation is 2. The maximum atomic E-state index is 12.8. The third-order valence-corrected chi connectivity index (χ3v) is 5.63. The molecule has 3 rings (SSSR count). The van der Waals surface area contributed by atoms with Gasteiger partial charge < -0.3 is 9.26 Å². The van der Waals surface area contributed by atoms with Gasteiger partial charge >= 0.3 is 0 Å². The molecular weight excluding hydrogens is 316 g/mol. The lowest BCUT2D eigenvalue weighted by Crippen LogP contribution is -2.41. The molecule has 1 aliphatic rings. The maximum absolute atomic E-state index is 12.8. The topological polar surface area (TPSA) is 81.4 Å². The van der Waals surface area contributed by atoms with Crippen LogP contribution in [0.25, 0.3) is 0 Å². The minimum absolute atomic E-state index is 0.110. The highest BCUT2D eigenvalue weighted by atomic mass is 32.2. The summed E-state index contributed by atoms with van der Waals surface area (Å²) in [4.78, 5) is 0.110. The standard InChI is InChI=1S/C16H20N2O4S/c1-10-15(11(2)22-17-10)23(19,20)18-13-9-16(3,4)21-14-8-6-5-7-12(13)14/h5-8,13,18H,9H2,1-4H3/t13-/m0/s1. The van der Waals surface area contributed by atoms with Crippen molar-refractivity contribution in [1.29, 1.82) is 0 Å².